The molecule has 0 aromatic rings. The van der Waals surface area contributed by atoms with Crippen LogP contribution in [0.25, 0.3) is 0 Å². The molecule has 0 heterocycles. The molecule has 0 rings (SSSR count). The minimum atomic E-state index is -0.886. The number of aliphatic hydroxyl groups excluding tert-OH is 1. The predicted octanol–water partition coefficient (Wildman–Crippen LogP) is -0.216. The Labute approximate surface area is 131 Å². The third-order valence-corrected chi connectivity index (χ3v) is 2.38. The summed E-state index contributed by atoms with van der Waals surface area (Å²) in [5.74, 6) is 0. The second-order valence-electron chi connectivity index (χ2n) is 5.89. The molecular formula is C13H30N3O6+. The molecule has 0 radical (unpaired) electrons. The number of aliphatic hydroxyl groups is 1. The van der Waals surface area contributed by atoms with E-state index in [2.05, 4.69) is 5.59 Å². The standard InChI is InChI=1S/C13H29N3O6/c1-10(2)15(8-9-17)16(19-7)14-22-11(3)20-12(18)21-13(4,5)6/h10-11,14,17H,8-9H2,1-7H3/p+1. The highest BCUT2D eigenvalue weighted by molar-refractivity contribution is 5.60. The number of ether oxygens (including phenoxy) is 2. The Morgan fingerprint density at radius 2 is 1.91 bits per heavy atom. The number of rotatable bonds is 9. The quantitative estimate of drug-likeness (QED) is 0.305. The van der Waals surface area contributed by atoms with Crippen molar-refractivity contribution in [1.29, 1.82) is 0 Å². The summed E-state index contributed by atoms with van der Waals surface area (Å²) in [5, 5.41) is 11.1. The number of nitrogens with one attached hydrogen (secondary N) is 2. The number of hydrogen-bond acceptors (Lipinski definition) is 8. The fourth-order valence-corrected chi connectivity index (χ4v) is 1.49. The first kappa shape index (κ1) is 21.0. The predicted molar refractivity (Wildman–Crippen MR) is 77.9 cm³/mol. The van der Waals surface area contributed by atoms with Crippen molar-refractivity contribution in [3.05, 3.63) is 0 Å². The summed E-state index contributed by atoms with van der Waals surface area (Å²) in [7, 11) is 1.47. The van der Waals surface area contributed by atoms with Gasteiger partial charge in [-0.25, -0.2) is 9.63 Å². The second kappa shape index (κ2) is 9.93. The van der Waals surface area contributed by atoms with Crippen LogP contribution in [0.4, 0.5) is 4.79 Å². The zero-order valence-corrected chi connectivity index (χ0v) is 14.5. The minimum absolute atomic E-state index is 0.0311. The molecule has 0 fully saturated rings. The molecule has 0 aliphatic heterocycles. The maximum atomic E-state index is 11.5. The molecule has 0 aromatic heterocycles. The fraction of sp³-hybridized carbons (Fsp3) is 0.923. The molecule has 0 spiro atoms. The molecule has 0 saturated carbocycles. The largest absolute Gasteiger partial charge is 0.511 e. The topological polar surface area (TPSA) is 93.9 Å². The molecule has 2 unspecified atom stereocenters. The smallest absolute Gasteiger partial charge is 0.429 e. The molecular weight excluding hydrogens is 294 g/mol. The number of nitrogens with zero attached hydrogens (tertiary/aromatic N) is 1. The van der Waals surface area contributed by atoms with Gasteiger partial charge in [-0.05, 0) is 39.9 Å². The third kappa shape index (κ3) is 9.13. The van der Waals surface area contributed by atoms with E-state index in [4.69, 9.17) is 24.3 Å². The molecule has 0 amide bonds. The van der Waals surface area contributed by atoms with Gasteiger partial charge in [-0.1, -0.05) is 5.01 Å². The van der Waals surface area contributed by atoms with Crippen LogP contribution >= 0.6 is 0 Å². The SMILES string of the molecule is CO[NH+](NOC(C)OC(=O)OC(C)(C)C)N(CCO)C(C)C. The fourth-order valence-electron chi connectivity index (χ4n) is 1.49. The van der Waals surface area contributed by atoms with Gasteiger partial charge in [0.05, 0.1) is 19.2 Å². The second-order valence-corrected chi connectivity index (χ2v) is 5.89. The van der Waals surface area contributed by atoms with Gasteiger partial charge in [-0.15, -0.1) is 0 Å². The van der Waals surface area contributed by atoms with Gasteiger partial charge in [-0.3, -0.25) is 0 Å². The summed E-state index contributed by atoms with van der Waals surface area (Å²) < 4.78 is 9.95. The van der Waals surface area contributed by atoms with Crippen LogP contribution in [0.15, 0.2) is 0 Å². The van der Waals surface area contributed by atoms with Gasteiger partial charge in [0.15, 0.2) is 0 Å². The molecule has 3 N–H and O–H groups in total. The monoisotopic (exact) mass is 324 g/mol. The van der Waals surface area contributed by atoms with E-state index < -0.39 is 18.0 Å². The molecule has 9 nitrogen and oxygen atoms in total. The zero-order valence-electron chi connectivity index (χ0n) is 14.5. The van der Waals surface area contributed by atoms with E-state index >= 15 is 0 Å². The number of quaternary nitrogens is 1. The van der Waals surface area contributed by atoms with Crippen molar-refractivity contribution in [3.63, 3.8) is 0 Å². The highest BCUT2D eigenvalue weighted by atomic mass is 16.9. The van der Waals surface area contributed by atoms with Crippen molar-refractivity contribution in [2.75, 3.05) is 20.3 Å². The van der Waals surface area contributed by atoms with Gasteiger partial charge >= 0.3 is 6.16 Å². The summed E-state index contributed by atoms with van der Waals surface area (Å²) in [6, 6.07) is 0.0836. The van der Waals surface area contributed by atoms with Crippen molar-refractivity contribution >= 4 is 6.16 Å². The summed E-state index contributed by atoms with van der Waals surface area (Å²) in [6.45, 7) is 11.0. The van der Waals surface area contributed by atoms with E-state index in [0.29, 0.717) is 11.8 Å². The normalized spacial score (nSPS) is 15.0. The molecule has 0 saturated heterocycles. The highest BCUT2D eigenvalue weighted by Gasteiger charge is 2.25. The maximum absolute atomic E-state index is 11.5. The Morgan fingerprint density at radius 1 is 1.32 bits per heavy atom. The van der Waals surface area contributed by atoms with Crippen molar-refractivity contribution in [2.24, 2.45) is 0 Å². The summed E-state index contributed by atoms with van der Waals surface area (Å²) in [4.78, 5) is 21.9. The maximum Gasteiger partial charge on any atom is 0.511 e. The summed E-state index contributed by atoms with van der Waals surface area (Å²) >= 11 is 0. The van der Waals surface area contributed by atoms with Crippen molar-refractivity contribution in [2.45, 2.75) is 59.5 Å². The van der Waals surface area contributed by atoms with Crippen LogP contribution in [0.3, 0.4) is 0 Å². The molecule has 2 atom stereocenters. The summed E-state index contributed by atoms with van der Waals surface area (Å²) in [5.41, 5.74) is 1.94. The van der Waals surface area contributed by atoms with Gasteiger partial charge in [0.2, 0.25) is 6.29 Å². The Bertz CT molecular complexity index is 321. The van der Waals surface area contributed by atoms with E-state index in [9.17, 15) is 4.79 Å². The van der Waals surface area contributed by atoms with Crippen LogP contribution < -0.4 is 10.9 Å². The lowest BCUT2D eigenvalue weighted by atomic mass is 10.2. The highest BCUT2D eigenvalue weighted by Crippen LogP contribution is 2.09. The van der Waals surface area contributed by atoms with Gasteiger partial charge in [0.1, 0.15) is 12.7 Å². The van der Waals surface area contributed by atoms with Crippen LogP contribution in [0.2, 0.25) is 0 Å². The lowest BCUT2D eigenvalue weighted by Gasteiger charge is -2.29. The molecule has 0 aromatic carbocycles. The lowest BCUT2D eigenvalue weighted by molar-refractivity contribution is -1.23. The number of hydrogen-bond donors (Lipinski definition) is 3. The average molecular weight is 324 g/mol. The van der Waals surface area contributed by atoms with Crippen molar-refractivity contribution in [1.82, 2.24) is 10.6 Å². The molecule has 22 heavy (non-hydrogen) atoms. The summed E-state index contributed by atoms with van der Waals surface area (Å²) in [6.07, 6.45) is -1.71. The van der Waals surface area contributed by atoms with E-state index in [1.54, 1.807) is 25.8 Å². The Hall–Kier alpha value is -0.970. The van der Waals surface area contributed by atoms with Crippen molar-refractivity contribution in [3.8, 4) is 0 Å². The molecule has 9 heteroatoms. The zero-order chi connectivity index (χ0) is 17.3. The van der Waals surface area contributed by atoms with Crippen LogP contribution in [-0.2, 0) is 19.1 Å². The van der Waals surface area contributed by atoms with Crippen LogP contribution in [0.1, 0.15) is 41.5 Å². The van der Waals surface area contributed by atoms with E-state index in [0.717, 1.165) is 0 Å². The first-order valence-electron chi connectivity index (χ1n) is 7.20. The minimum Gasteiger partial charge on any atom is -0.429 e. The Kier molecular flexibility index (Phi) is 9.49. The van der Waals surface area contributed by atoms with E-state index in [-0.39, 0.29) is 12.6 Å². The molecule has 0 bridgehead atoms. The van der Waals surface area contributed by atoms with Crippen LogP contribution in [0, 0.1) is 0 Å². The van der Waals surface area contributed by atoms with Gasteiger partial charge in [0, 0.05) is 12.5 Å². The average Bonchev–Trinajstić information content (AvgIpc) is 2.35. The Morgan fingerprint density at radius 3 is 2.32 bits per heavy atom. The van der Waals surface area contributed by atoms with Gasteiger partial charge < -0.3 is 14.6 Å². The Balaban J connectivity index is 4.34. The van der Waals surface area contributed by atoms with Crippen LogP contribution in [-0.4, -0.2) is 54.5 Å². The van der Waals surface area contributed by atoms with Gasteiger partial charge in [-0.2, -0.15) is 4.84 Å². The first-order valence-corrected chi connectivity index (χ1v) is 7.20. The van der Waals surface area contributed by atoms with E-state index in [1.807, 2.05) is 13.8 Å². The van der Waals surface area contributed by atoms with Crippen LogP contribution in [0.5, 0.6) is 0 Å². The van der Waals surface area contributed by atoms with Gasteiger partial charge in [0.25, 0.3) is 0 Å². The first-order chi connectivity index (χ1) is 10.1. The number of carbonyl (C=O) groups is 1. The molecule has 0 aliphatic carbocycles. The molecule has 132 valence electrons. The number of carbonyl (C=O) groups excluding carboxylic acids is 1. The van der Waals surface area contributed by atoms with Crippen molar-refractivity contribution < 1.29 is 34.3 Å². The third-order valence-electron chi connectivity index (χ3n) is 2.38. The lowest BCUT2D eigenvalue weighted by Crippen LogP contribution is -3.23. The molecule has 0 aliphatic rings. The van der Waals surface area contributed by atoms with E-state index in [1.165, 1.54) is 14.0 Å².